The third-order valence-electron chi connectivity index (χ3n) is 2.84. The lowest BCUT2D eigenvalue weighted by Gasteiger charge is -2.19. The molecule has 0 spiro atoms. The van der Waals surface area contributed by atoms with Crippen LogP contribution in [0.1, 0.15) is 6.92 Å². The number of nitrogens with zero attached hydrogens (tertiary/aromatic N) is 5. The first-order valence-corrected chi connectivity index (χ1v) is 7.47. The van der Waals surface area contributed by atoms with E-state index in [1.807, 2.05) is 47.9 Å². The number of para-hydroxylation sites is 1. The summed E-state index contributed by atoms with van der Waals surface area (Å²) in [5, 5.41) is 17.4. The molecule has 0 saturated heterocycles. The molecule has 1 heterocycles. The molecule has 21 heavy (non-hydrogen) atoms. The summed E-state index contributed by atoms with van der Waals surface area (Å²) in [6.45, 7) is 2.77. The molecule has 2 rings (SSSR count). The number of carbonyl (C=O) groups is 1. The number of hydrogen-bond acceptors (Lipinski definition) is 5. The molecule has 0 aliphatic carbocycles. The van der Waals surface area contributed by atoms with E-state index in [-0.39, 0.29) is 18.2 Å². The number of thioether (sulfide) groups is 1. The Morgan fingerprint density at radius 3 is 2.86 bits per heavy atom. The van der Waals surface area contributed by atoms with Gasteiger partial charge in [-0.1, -0.05) is 30.0 Å². The maximum Gasteiger partial charge on any atom is 0.238 e. The van der Waals surface area contributed by atoms with Gasteiger partial charge >= 0.3 is 0 Å². The highest BCUT2D eigenvalue weighted by Gasteiger charge is 2.16. The van der Waals surface area contributed by atoms with E-state index < -0.39 is 0 Å². The summed E-state index contributed by atoms with van der Waals surface area (Å²) in [5.41, 5.74) is 0.724. The Labute approximate surface area is 127 Å². The second-order valence-electron chi connectivity index (χ2n) is 4.16. The Hall–Kier alpha value is -2.33. The Kier molecular flexibility index (Phi) is 5.35. The smallest absolute Gasteiger partial charge is 0.238 e. The van der Waals surface area contributed by atoms with Gasteiger partial charge in [-0.05, 0) is 19.1 Å². The average molecular weight is 301 g/mol. The van der Waals surface area contributed by atoms with Gasteiger partial charge in [-0.15, -0.1) is 10.2 Å². The van der Waals surface area contributed by atoms with E-state index in [9.17, 15) is 4.79 Å². The highest BCUT2D eigenvalue weighted by atomic mass is 32.2. The third-order valence-corrected chi connectivity index (χ3v) is 3.81. The van der Waals surface area contributed by atoms with Crippen LogP contribution in [-0.2, 0) is 11.3 Å². The average Bonchev–Trinajstić information content (AvgIpc) is 2.98. The Morgan fingerprint density at radius 2 is 2.19 bits per heavy atom. The molecule has 0 aliphatic heterocycles. The van der Waals surface area contributed by atoms with Crippen molar-refractivity contribution in [2.75, 3.05) is 17.2 Å². The van der Waals surface area contributed by atoms with Crippen LogP contribution in [0.5, 0.6) is 0 Å². The molecule has 2 aromatic rings. The zero-order valence-corrected chi connectivity index (χ0v) is 12.5. The van der Waals surface area contributed by atoms with E-state index >= 15 is 0 Å². The minimum Gasteiger partial charge on any atom is -0.309 e. The van der Waals surface area contributed by atoms with Crippen LogP contribution in [0.25, 0.3) is 0 Å². The SMILES string of the molecule is CCn1cnnc1SCC(=O)N(CC#N)c1ccccc1. The van der Waals surface area contributed by atoms with E-state index in [1.54, 1.807) is 6.33 Å². The van der Waals surface area contributed by atoms with Gasteiger partial charge in [0.25, 0.3) is 0 Å². The Balaban J connectivity index is 2.05. The number of aromatic nitrogens is 3. The van der Waals surface area contributed by atoms with Crippen LogP contribution < -0.4 is 4.90 Å². The van der Waals surface area contributed by atoms with Crippen molar-refractivity contribution >= 4 is 23.4 Å². The fraction of sp³-hybridized carbons (Fsp3) is 0.286. The van der Waals surface area contributed by atoms with Gasteiger partial charge < -0.3 is 4.57 Å². The molecule has 0 radical (unpaired) electrons. The molecule has 0 unspecified atom stereocenters. The summed E-state index contributed by atoms with van der Waals surface area (Å²) in [6, 6.07) is 11.2. The van der Waals surface area contributed by atoms with Crippen LogP contribution in [-0.4, -0.2) is 33.0 Å². The molecule has 1 amide bonds. The quantitative estimate of drug-likeness (QED) is 0.602. The maximum absolute atomic E-state index is 12.3. The van der Waals surface area contributed by atoms with E-state index in [0.29, 0.717) is 5.16 Å². The van der Waals surface area contributed by atoms with Crippen molar-refractivity contribution in [1.29, 1.82) is 5.26 Å². The molecular formula is C14H15N5OS. The number of aryl methyl sites for hydroxylation is 1. The van der Waals surface area contributed by atoms with Gasteiger partial charge in [-0.3, -0.25) is 9.69 Å². The molecule has 0 atom stereocenters. The molecule has 1 aromatic carbocycles. The maximum atomic E-state index is 12.3. The molecule has 0 bridgehead atoms. The first-order chi connectivity index (χ1) is 10.3. The largest absolute Gasteiger partial charge is 0.309 e. The fourth-order valence-corrected chi connectivity index (χ4v) is 2.63. The molecule has 7 heteroatoms. The second kappa shape index (κ2) is 7.45. The van der Waals surface area contributed by atoms with E-state index in [1.165, 1.54) is 16.7 Å². The van der Waals surface area contributed by atoms with Gasteiger partial charge in [0.05, 0.1) is 11.8 Å². The number of anilines is 1. The standard InChI is InChI=1S/C14H15N5OS/c1-2-18-11-16-17-14(18)21-10-13(20)19(9-8-15)12-6-4-3-5-7-12/h3-7,11H,2,9-10H2,1H3. The lowest BCUT2D eigenvalue weighted by atomic mass is 10.3. The van der Waals surface area contributed by atoms with Crippen molar-refractivity contribution in [3.63, 3.8) is 0 Å². The van der Waals surface area contributed by atoms with E-state index in [2.05, 4.69) is 10.2 Å². The van der Waals surface area contributed by atoms with Gasteiger partial charge in [0.15, 0.2) is 5.16 Å². The van der Waals surface area contributed by atoms with Crippen LogP contribution in [0.3, 0.4) is 0 Å². The van der Waals surface area contributed by atoms with Crippen LogP contribution in [0.2, 0.25) is 0 Å². The normalized spacial score (nSPS) is 10.1. The van der Waals surface area contributed by atoms with Gasteiger partial charge in [0.2, 0.25) is 5.91 Å². The topological polar surface area (TPSA) is 74.8 Å². The predicted molar refractivity (Wildman–Crippen MR) is 80.8 cm³/mol. The van der Waals surface area contributed by atoms with Crippen molar-refractivity contribution in [3.8, 4) is 6.07 Å². The van der Waals surface area contributed by atoms with Gasteiger partial charge in [0, 0.05) is 12.2 Å². The molecule has 108 valence electrons. The molecule has 0 aliphatic rings. The first-order valence-electron chi connectivity index (χ1n) is 6.49. The van der Waals surface area contributed by atoms with Crippen molar-refractivity contribution in [1.82, 2.24) is 14.8 Å². The lowest BCUT2D eigenvalue weighted by Crippen LogP contribution is -2.32. The van der Waals surface area contributed by atoms with Gasteiger partial charge in [-0.25, -0.2) is 0 Å². The first kappa shape index (κ1) is 15.1. The Morgan fingerprint density at radius 1 is 1.43 bits per heavy atom. The van der Waals surface area contributed by atoms with Crippen LogP contribution in [0.4, 0.5) is 5.69 Å². The van der Waals surface area contributed by atoms with Crippen LogP contribution >= 0.6 is 11.8 Å². The number of amides is 1. The summed E-state index contributed by atoms with van der Waals surface area (Å²) in [4.78, 5) is 13.8. The zero-order valence-electron chi connectivity index (χ0n) is 11.6. The number of hydrogen-bond donors (Lipinski definition) is 0. The fourth-order valence-electron chi connectivity index (χ4n) is 1.78. The summed E-state index contributed by atoms with van der Waals surface area (Å²) in [5.74, 6) is 0.0910. The van der Waals surface area contributed by atoms with E-state index in [4.69, 9.17) is 5.26 Å². The van der Waals surface area contributed by atoms with Crippen LogP contribution in [0.15, 0.2) is 41.8 Å². The molecule has 6 nitrogen and oxygen atoms in total. The summed E-state index contributed by atoms with van der Waals surface area (Å²) < 4.78 is 1.87. The monoisotopic (exact) mass is 301 g/mol. The van der Waals surface area contributed by atoms with E-state index in [0.717, 1.165) is 12.2 Å². The second-order valence-corrected chi connectivity index (χ2v) is 5.10. The number of benzene rings is 1. The molecule has 0 fully saturated rings. The summed E-state index contributed by atoms with van der Waals surface area (Å²) in [6.07, 6.45) is 1.64. The minimum atomic E-state index is -0.126. The van der Waals surface area contributed by atoms with Crippen molar-refractivity contribution < 1.29 is 4.79 Å². The van der Waals surface area contributed by atoms with Gasteiger partial charge in [0.1, 0.15) is 12.9 Å². The lowest BCUT2D eigenvalue weighted by molar-refractivity contribution is -0.116. The highest BCUT2D eigenvalue weighted by molar-refractivity contribution is 7.99. The van der Waals surface area contributed by atoms with Crippen molar-refractivity contribution in [2.45, 2.75) is 18.6 Å². The van der Waals surface area contributed by atoms with Gasteiger partial charge in [-0.2, -0.15) is 5.26 Å². The highest BCUT2D eigenvalue weighted by Crippen LogP contribution is 2.18. The molecule has 0 saturated carbocycles. The van der Waals surface area contributed by atoms with Crippen molar-refractivity contribution in [3.05, 3.63) is 36.7 Å². The number of nitriles is 1. The minimum absolute atomic E-state index is 0.0316. The summed E-state index contributed by atoms with van der Waals surface area (Å²) in [7, 11) is 0. The number of carbonyl (C=O) groups excluding carboxylic acids is 1. The zero-order chi connectivity index (χ0) is 15.1. The number of rotatable bonds is 6. The Bertz CT molecular complexity index is 634. The summed E-state index contributed by atoms with van der Waals surface area (Å²) >= 11 is 1.32. The van der Waals surface area contributed by atoms with Crippen LogP contribution in [0, 0.1) is 11.3 Å². The molecular weight excluding hydrogens is 286 g/mol. The molecule has 0 N–H and O–H groups in total. The van der Waals surface area contributed by atoms with Crippen molar-refractivity contribution in [2.24, 2.45) is 0 Å². The predicted octanol–water partition coefficient (Wildman–Crippen LogP) is 1.95. The molecule has 1 aromatic heterocycles. The third kappa shape index (κ3) is 3.83.